The highest BCUT2D eigenvalue weighted by Gasteiger charge is 1.94. The van der Waals surface area contributed by atoms with Gasteiger partial charge in [-0.2, -0.15) is 10.2 Å². The van der Waals surface area contributed by atoms with Crippen molar-refractivity contribution in [3.05, 3.63) is 89.5 Å². The van der Waals surface area contributed by atoms with Crippen molar-refractivity contribution < 1.29 is 0 Å². The van der Waals surface area contributed by atoms with Crippen LogP contribution < -0.4 is 0 Å². The maximum Gasteiger partial charge on any atom is 0.0858 e. The average Bonchev–Trinajstić information content (AvgIpc) is 2.68. The molecule has 3 aromatic rings. The fourth-order valence-corrected chi connectivity index (χ4v) is 2.30. The maximum absolute atomic E-state index is 4.49. The molecule has 0 spiro atoms. The molecule has 0 aliphatic carbocycles. The van der Waals surface area contributed by atoms with E-state index in [-0.39, 0.29) is 0 Å². The Kier molecular flexibility index (Phi) is 5.78. The molecule has 0 radical (unpaired) electrons. The molecule has 3 aromatic carbocycles. The van der Waals surface area contributed by atoms with Crippen LogP contribution in [0.2, 0.25) is 0 Å². The lowest BCUT2D eigenvalue weighted by atomic mass is 10.1. The normalized spacial score (nSPS) is 11.8. The molecule has 0 aliphatic rings. The van der Waals surface area contributed by atoms with Crippen molar-refractivity contribution >= 4 is 29.5 Å². The Bertz CT molecular complexity index is 919. The van der Waals surface area contributed by atoms with Crippen LogP contribution in [0.5, 0.6) is 0 Å². The predicted molar refractivity (Wildman–Crippen MR) is 109 cm³/mol. The van der Waals surface area contributed by atoms with E-state index in [1.807, 2.05) is 92.1 Å². The quantitative estimate of drug-likeness (QED) is 0.392. The number of azo groups is 1. The molecule has 0 heterocycles. The SMILES string of the molecule is CN=Cc1ccc(C=Nc2ccc(N=Nc3ccc(C)cc3)cc2)cc1. The van der Waals surface area contributed by atoms with Crippen LogP contribution in [0.25, 0.3) is 0 Å². The Balaban J connectivity index is 1.64. The first-order valence-electron chi connectivity index (χ1n) is 8.38. The topological polar surface area (TPSA) is 49.4 Å². The predicted octanol–water partition coefficient (Wildman–Crippen LogP) is 6.21. The Morgan fingerprint density at radius 3 is 1.58 bits per heavy atom. The van der Waals surface area contributed by atoms with Gasteiger partial charge in [0.05, 0.1) is 17.1 Å². The highest BCUT2D eigenvalue weighted by molar-refractivity contribution is 5.85. The molecule has 0 saturated carbocycles. The number of hydrogen-bond donors (Lipinski definition) is 0. The van der Waals surface area contributed by atoms with Crippen LogP contribution in [-0.2, 0) is 0 Å². The van der Waals surface area contributed by atoms with Gasteiger partial charge in [0.2, 0.25) is 0 Å². The van der Waals surface area contributed by atoms with Crippen LogP contribution in [0, 0.1) is 6.92 Å². The summed E-state index contributed by atoms with van der Waals surface area (Å²) in [5.74, 6) is 0. The van der Waals surface area contributed by atoms with Crippen molar-refractivity contribution in [1.82, 2.24) is 0 Å². The van der Waals surface area contributed by atoms with Crippen molar-refractivity contribution in [2.24, 2.45) is 20.2 Å². The standard InChI is InChI=1S/C22H20N4/c1-17-3-9-21(10-4-17)25-26-22-13-11-20(12-14-22)24-16-19-7-5-18(6-8-19)15-23-2/h3-16H,1-2H3. The summed E-state index contributed by atoms with van der Waals surface area (Å²) in [4.78, 5) is 8.49. The van der Waals surface area contributed by atoms with Gasteiger partial charge in [0.25, 0.3) is 0 Å². The molecule has 0 aromatic heterocycles. The number of aliphatic imine (C=N–C) groups is 2. The number of rotatable bonds is 5. The van der Waals surface area contributed by atoms with E-state index in [4.69, 9.17) is 0 Å². The van der Waals surface area contributed by atoms with Crippen molar-refractivity contribution in [3.63, 3.8) is 0 Å². The molecule has 4 nitrogen and oxygen atoms in total. The summed E-state index contributed by atoms with van der Waals surface area (Å²) in [5.41, 5.74) is 5.84. The Hall–Kier alpha value is -3.40. The lowest BCUT2D eigenvalue weighted by molar-refractivity contribution is 1.23. The van der Waals surface area contributed by atoms with E-state index in [1.54, 1.807) is 7.05 Å². The lowest BCUT2D eigenvalue weighted by Gasteiger charge is -1.97. The third kappa shape index (κ3) is 5.05. The third-order valence-electron chi connectivity index (χ3n) is 3.74. The molecular weight excluding hydrogens is 320 g/mol. The minimum Gasteiger partial charge on any atom is -0.296 e. The molecule has 0 aliphatic heterocycles. The van der Waals surface area contributed by atoms with Gasteiger partial charge in [0.15, 0.2) is 0 Å². The fraction of sp³-hybridized carbons (Fsp3) is 0.0909. The summed E-state index contributed by atoms with van der Waals surface area (Å²) >= 11 is 0. The zero-order valence-electron chi connectivity index (χ0n) is 14.9. The summed E-state index contributed by atoms with van der Waals surface area (Å²) in [6.07, 6.45) is 3.67. The van der Waals surface area contributed by atoms with E-state index >= 15 is 0 Å². The average molecular weight is 340 g/mol. The lowest BCUT2D eigenvalue weighted by Crippen LogP contribution is -1.84. The van der Waals surface area contributed by atoms with Gasteiger partial charge in [-0.15, -0.1) is 0 Å². The summed E-state index contributed by atoms with van der Waals surface area (Å²) in [5, 5.41) is 8.49. The van der Waals surface area contributed by atoms with E-state index in [1.165, 1.54) is 5.56 Å². The summed E-state index contributed by atoms with van der Waals surface area (Å²) < 4.78 is 0. The van der Waals surface area contributed by atoms with Crippen LogP contribution >= 0.6 is 0 Å². The van der Waals surface area contributed by atoms with E-state index in [0.717, 1.165) is 28.2 Å². The van der Waals surface area contributed by atoms with Gasteiger partial charge in [-0.25, -0.2) is 0 Å². The maximum atomic E-state index is 4.49. The molecule has 128 valence electrons. The first-order valence-corrected chi connectivity index (χ1v) is 8.38. The number of nitrogens with zero attached hydrogens (tertiary/aromatic N) is 4. The zero-order valence-corrected chi connectivity index (χ0v) is 14.9. The molecule has 0 fully saturated rings. The molecular formula is C22H20N4. The Morgan fingerprint density at radius 2 is 1.04 bits per heavy atom. The third-order valence-corrected chi connectivity index (χ3v) is 3.74. The van der Waals surface area contributed by atoms with Crippen molar-refractivity contribution in [1.29, 1.82) is 0 Å². The second-order valence-corrected chi connectivity index (χ2v) is 5.86. The first-order chi connectivity index (χ1) is 12.7. The Morgan fingerprint density at radius 1 is 0.577 bits per heavy atom. The molecule has 0 N–H and O–H groups in total. The molecule has 0 unspecified atom stereocenters. The van der Waals surface area contributed by atoms with Crippen LogP contribution in [0.4, 0.5) is 17.1 Å². The zero-order chi connectivity index (χ0) is 18.2. The van der Waals surface area contributed by atoms with Gasteiger partial charge in [-0.05, 0) is 54.4 Å². The molecule has 0 atom stereocenters. The van der Waals surface area contributed by atoms with Gasteiger partial charge >= 0.3 is 0 Å². The first kappa shape index (κ1) is 17.4. The fourth-order valence-electron chi connectivity index (χ4n) is 2.30. The molecule has 0 amide bonds. The summed E-state index contributed by atoms with van der Waals surface area (Å²) in [6.45, 7) is 2.05. The van der Waals surface area contributed by atoms with Gasteiger partial charge in [-0.3, -0.25) is 9.98 Å². The summed E-state index contributed by atoms with van der Waals surface area (Å²) in [6, 6.07) is 23.7. The van der Waals surface area contributed by atoms with Crippen molar-refractivity contribution in [2.75, 3.05) is 7.05 Å². The Labute approximate surface area is 153 Å². The van der Waals surface area contributed by atoms with Crippen molar-refractivity contribution in [2.45, 2.75) is 6.92 Å². The van der Waals surface area contributed by atoms with Crippen LogP contribution in [0.1, 0.15) is 16.7 Å². The van der Waals surface area contributed by atoms with E-state index < -0.39 is 0 Å². The summed E-state index contributed by atoms with van der Waals surface area (Å²) in [7, 11) is 1.76. The van der Waals surface area contributed by atoms with Crippen LogP contribution in [-0.4, -0.2) is 19.5 Å². The largest absolute Gasteiger partial charge is 0.296 e. The van der Waals surface area contributed by atoms with Crippen molar-refractivity contribution in [3.8, 4) is 0 Å². The molecule has 4 heteroatoms. The molecule has 0 saturated heterocycles. The highest BCUT2D eigenvalue weighted by Crippen LogP contribution is 2.21. The molecule has 3 rings (SSSR count). The minimum atomic E-state index is 0.799. The number of hydrogen-bond acceptors (Lipinski definition) is 4. The second-order valence-electron chi connectivity index (χ2n) is 5.86. The number of benzene rings is 3. The van der Waals surface area contributed by atoms with Gasteiger partial charge in [0, 0.05) is 19.5 Å². The van der Waals surface area contributed by atoms with E-state index in [0.29, 0.717) is 0 Å². The highest BCUT2D eigenvalue weighted by atomic mass is 15.1. The molecule has 0 bridgehead atoms. The van der Waals surface area contributed by atoms with E-state index in [2.05, 4.69) is 20.2 Å². The van der Waals surface area contributed by atoms with E-state index in [9.17, 15) is 0 Å². The smallest absolute Gasteiger partial charge is 0.0858 e. The number of aryl methyl sites for hydroxylation is 1. The van der Waals surface area contributed by atoms with Gasteiger partial charge < -0.3 is 0 Å². The van der Waals surface area contributed by atoms with Gasteiger partial charge in [-0.1, -0.05) is 42.0 Å². The monoisotopic (exact) mass is 340 g/mol. The second kappa shape index (κ2) is 8.62. The minimum absolute atomic E-state index is 0.799. The van der Waals surface area contributed by atoms with Crippen LogP contribution in [0.3, 0.4) is 0 Å². The van der Waals surface area contributed by atoms with Crippen LogP contribution in [0.15, 0.2) is 93.0 Å². The molecule has 26 heavy (non-hydrogen) atoms. The van der Waals surface area contributed by atoms with Gasteiger partial charge in [0.1, 0.15) is 0 Å².